The quantitative estimate of drug-likeness (QED) is 0.663. The van der Waals surface area contributed by atoms with E-state index in [0.717, 1.165) is 12.8 Å². The zero-order valence-electron chi connectivity index (χ0n) is 6.04. The van der Waals surface area contributed by atoms with E-state index in [9.17, 15) is 5.11 Å². The van der Waals surface area contributed by atoms with Gasteiger partial charge in [0.25, 0.3) is 0 Å². The second kappa shape index (κ2) is 3.37. The number of rotatable bonds is 3. The second-order valence-electron chi connectivity index (χ2n) is 2.28. The highest BCUT2D eigenvalue weighted by Crippen LogP contribution is 2.12. The molecular formula is C7H12N2O. The summed E-state index contributed by atoms with van der Waals surface area (Å²) in [7, 11) is 0. The fourth-order valence-electron chi connectivity index (χ4n) is 0.870. The van der Waals surface area contributed by atoms with Gasteiger partial charge in [0.2, 0.25) is 0 Å². The Kier molecular flexibility index (Phi) is 2.45. The van der Waals surface area contributed by atoms with Crippen molar-refractivity contribution < 1.29 is 5.11 Å². The average molecular weight is 140 g/mol. The van der Waals surface area contributed by atoms with Gasteiger partial charge in [-0.15, -0.1) is 0 Å². The molecule has 0 fully saturated rings. The highest BCUT2D eigenvalue weighted by Gasteiger charge is 2.06. The SMILES string of the molecule is CCCC(O)c1ncc[nH]1. The summed E-state index contributed by atoms with van der Waals surface area (Å²) in [5, 5.41) is 9.32. The van der Waals surface area contributed by atoms with Crippen molar-refractivity contribution in [2.75, 3.05) is 0 Å². The van der Waals surface area contributed by atoms with Gasteiger partial charge in [0, 0.05) is 12.4 Å². The van der Waals surface area contributed by atoms with Crippen LogP contribution in [0.5, 0.6) is 0 Å². The van der Waals surface area contributed by atoms with Crippen molar-refractivity contribution in [3.63, 3.8) is 0 Å². The molecule has 0 saturated heterocycles. The first kappa shape index (κ1) is 7.28. The third kappa shape index (κ3) is 1.57. The monoisotopic (exact) mass is 140 g/mol. The minimum atomic E-state index is -0.417. The lowest BCUT2D eigenvalue weighted by molar-refractivity contribution is 0.157. The van der Waals surface area contributed by atoms with Crippen LogP contribution in [0.4, 0.5) is 0 Å². The number of hydrogen-bond acceptors (Lipinski definition) is 2. The predicted molar refractivity (Wildman–Crippen MR) is 38.5 cm³/mol. The first-order valence-electron chi connectivity index (χ1n) is 3.52. The molecule has 3 heteroatoms. The Bertz CT molecular complexity index is 172. The summed E-state index contributed by atoms with van der Waals surface area (Å²) in [4.78, 5) is 6.79. The van der Waals surface area contributed by atoms with E-state index in [4.69, 9.17) is 0 Å². The number of nitrogens with one attached hydrogen (secondary N) is 1. The second-order valence-corrected chi connectivity index (χ2v) is 2.28. The van der Waals surface area contributed by atoms with Crippen LogP contribution in [0.2, 0.25) is 0 Å². The maximum atomic E-state index is 9.32. The molecule has 0 aromatic carbocycles. The third-order valence-electron chi connectivity index (χ3n) is 1.40. The van der Waals surface area contributed by atoms with Gasteiger partial charge in [-0.3, -0.25) is 0 Å². The van der Waals surface area contributed by atoms with Crippen LogP contribution in [0.1, 0.15) is 31.7 Å². The molecule has 0 spiro atoms. The van der Waals surface area contributed by atoms with E-state index in [1.165, 1.54) is 0 Å². The molecule has 0 saturated carbocycles. The van der Waals surface area contributed by atoms with Gasteiger partial charge >= 0.3 is 0 Å². The van der Waals surface area contributed by atoms with Gasteiger partial charge in [-0.05, 0) is 6.42 Å². The number of aromatic nitrogens is 2. The Hall–Kier alpha value is -0.830. The van der Waals surface area contributed by atoms with Crippen LogP contribution in [-0.2, 0) is 0 Å². The number of aromatic amines is 1. The van der Waals surface area contributed by atoms with Crippen LogP contribution in [0, 0.1) is 0 Å². The summed E-state index contributed by atoms with van der Waals surface area (Å²) < 4.78 is 0. The number of aliphatic hydroxyl groups excluding tert-OH is 1. The van der Waals surface area contributed by atoms with Crippen molar-refractivity contribution in [1.82, 2.24) is 9.97 Å². The van der Waals surface area contributed by atoms with Crippen LogP contribution in [0.3, 0.4) is 0 Å². The third-order valence-corrected chi connectivity index (χ3v) is 1.40. The van der Waals surface area contributed by atoms with Crippen molar-refractivity contribution in [3.8, 4) is 0 Å². The van der Waals surface area contributed by atoms with Crippen LogP contribution in [-0.4, -0.2) is 15.1 Å². The largest absolute Gasteiger partial charge is 0.385 e. The molecule has 3 nitrogen and oxygen atoms in total. The number of nitrogens with zero attached hydrogens (tertiary/aromatic N) is 1. The minimum absolute atomic E-state index is 0.417. The molecule has 1 atom stereocenters. The zero-order valence-corrected chi connectivity index (χ0v) is 6.04. The molecule has 56 valence electrons. The summed E-state index contributed by atoms with van der Waals surface area (Å²) in [6.07, 6.45) is 4.69. The standard InChI is InChI=1S/C7H12N2O/c1-2-3-6(10)7-8-4-5-9-7/h4-6,10H,2-3H2,1H3,(H,8,9). The summed E-state index contributed by atoms with van der Waals surface area (Å²) in [5.41, 5.74) is 0. The van der Waals surface area contributed by atoms with Crippen LogP contribution >= 0.6 is 0 Å². The number of hydrogen-bond donors (Lipinski definition) is 2. The van der Waals surface area contributed by atoms with Gasteiger partial charge in [0.15, 0.2) is 0 Å². The molecule has 1 rings (SSSR count). The van der Waals surface area contributed by atoms with Gasteiger partial charge in [0.05, 0.1) is 0 Å². The Morgan fingerprint density at radius 3 is 3.10 bits per heavy atom. The van der Waals surface area contributed by atoms with E-state index in [0.29, 0.717) is 5.82 Å². The van der Waals surface area contributed by atoms with Crippen molar-refractivity contribution in [2.24, 2.45) is 0 Å². The average Bonchev–Trinajstić information content (AvgIpc) is 2.38. The normalized spacial score (nSPS) is 13.4. The van der Waals surface area contributed by atoms with E-state index in [-0.39, 0.29) is 0 Å². The molecule has 0 aliphatic rings. The number of H-pyrrole nitrogens is 1. The Morgan fingerprint density at radius 1 is 1.80 bits per heavy atom. The molecular weight excluding hydrogens is 128 g/mol. The van der Waals surface area contributed by atoms with E-state index in [1.54, 1.807) is 12.4 Å². The first-order chi connectivity index (χ1) is 4.84. The summed E-state index contributed by atoms with van der Waals surface area (Å²) in [5.74, 6) is 0.668. The topological polar surface area (TPSA) is 48.9 Å². The lowest BCUT2D eigenvalue weighted by Crippen LogP contribution is -1.98. The fourth-order valence-corrected chi connectivity index (χ4v) is 0.870. The Labute approximate surface area is 60.1 Å². The fraction of sp³-hybridized carbons (Fsp3) is 0.571. The molecule has 1 aromatic rings. The van der Waals surface area contributed by atoms with Crippen molar-refractivity contribution in [1.29, 1.82) is 0 Å². The summed E-state index contributed by atoms with van der Waals surface area (Å²) in [6.45, 7) is 2.03. The number of aliphatic hydroxyl groups is 1. The first-order valence-corrected chi connectivity index (χ1v) is 3.52. The molecule has 0 amide bonds. The van der Waals surface area contributed by atoms with Crippen molar-refractivity contribution in [2.45, 2.75) is 25.9 Å². The van der Waals surface area contributed by atoms with Crippen LogP contribution < -0.4 is 0 Å². The van der Waals surface area contributed by atoms with Gasteiger partial charge in [0.1, 0.15) is 11.9 Å². The van der Waals surface area contributed by atoms with Gasteiger partial charge in [-0.25, -0.2) is 4.98 Å². The summed E-state index contributed by atoms with van der Waals surface area (Å²) >= 11 is 0. The highest BCUT2D eigenvalue weighted by molar-refractivity contribution is 4.91. The van der Waals surface area contributed by atoms with Crippen LogP contribution in [0.15, 0.2) is 12.4 Å². The molecule has 1 unspecified atom stereocenters. The van der Waals surface area contributed by atoms with Crippen molar-refractivity contribution in [3.05, 3.63) is 18.2 Å². The smallest absolute Gasteiger partial charge is 0.134 e. The van der Waals surface area contributed by atoms with Gasteiger partial charge in [-0.1, -0.05) is 13.3 Å². The van der Waals surface area contributed by atoms with E-state index < -0.39 is 6.10 Å². The zero-order chi connectivity index (χ0) is 7.40. The van der Waals surface area contributed by atoms with Gasteiger partial charge in [-0.2, -0.15) is 0 Å². The Morgan fingerprint density at radius 2 is 2.60 bits per heavy atom. The Balaban J connectivity index is 2.50. The molecule has 0 bridgehead atoms. The molecule has 1 heterocycles. The molecule has 10 heavy (non-hydrogen) atoms. The molecule has 0 aliphatic carbocycles. The predicted octanol–water partition coefficient (Wildman–Crippen LogP) is 1.24. The molecule has 2 N–H and O–H groups in total. The summed E-state index contributed by atoms with van der Waals surface area (Å²) in [6, 6.07) is 0. The molecule has 0 radical (unpaired) electrons. The van der Waals surface area contributed by atoms with E-state index in [1.807, 2.05) is 6.92 Å². The highest BCUT2D eigenvalue weighted by atomic mass is 16.3. The van der Waals surface area contributed by atoms with E-state index >= 15 is 0 Å². The number of imidazole rings is 1. The maximum absolute atomic E-state index is 9.32. The minimum Gasteiger partial charge on any atom is -0.385 e. The lowest BCUT2D eigenvalue weighted by atomic mass is 10.2. The van der Waals surface area contributed by atoms with Crippen LogP contribution in [0.25, 0.3) is 0 Å². The molecule has 1 aromatic heterocycles. The van der Waals surface area contributed by atoms with E-state index in [2.05, 4.69) is 9.97 Å². The maximum Gasteiger partial charge on any atom is 0.134 e. The lowest BCUT2D eigenvalue weighted by Gasteiger charge is -2.03. The van der Waals surface area contributed by atoms with Crippen molar-refractivity contribution >= 4 is 0 Å². The van der Waals surface area contributed by atoms with Gasteiger partial charge < -0.3 is 10.1 Å². The molecule has 0 aliphatic heterocycles.